The molecule has 2 aromatic rings. The van der Waals surface area contributed by atoms with Crippen molar-refractivity contribution in [2.45, 2.75) is 57.9 Å². The molecule has 0 radical (unpaired) electrons. The molecule has 0 spiro atoms. The third-order valence-corrected chi connectivity index (χ3v) is 8.51. The highest BCUT2D eigenvalue weighted by molar-refractivity contribution is 7.89. The van der Waals surface area contributed by atoms with Crippen LogP contribution in [-0.4, -0.2) is 31.7 Å². The van der Waals surface area contributed by atoms with Gasteiger partial charge in [-0.25, -0.2) is 22.5 Å². The number of halogens is 1. The minimum Gasteiger partial charge on any atom is -0.361 e. The number of nitrogens with one attached hydrogen (secondary N) is 2. The lowest BCUT2D eigenvalue weighted by molar-refractivity contribution is 0.324. The molecule has 0 saturated heterocycles. The summed E-state index contributed by atoms with van der Waals surface area (Å²) in [6, 6.07) is 5.10. The van der Waals surface area contributed by atoms with E-state index in [4.69, 9.17) is 4.98 Å². The van der Waals surface area contributed by atoms with Gasteiger partial charge >= 0.3 is 0 Å². The van der Waals surface area contributed by atoms with Crippen LogP contribution in [0, 0.1) is 11.7 Å². The number of hydrogen-bond acceptors (Lipinski definition) is 5. The predicted octanol–water partition coefficient (Wildman–Crippen LogP) is 4.35. The Balaban J connectivity index is 1.36. The normalized spacial score (nSPS) is 21.9. The van der Waals surface area contributed by atoms with Gasteiger partial charge in [0, 0.05) is 23.0 Å². The van der Waals surface area contributed by atoms with Gasteiger partial charge in [-0.15, -0.1) is 11.3 Å². The van der Waals surface area contributed by atoms with Crippen molar-refractivity contribution in [2.24, 2.45) is 5.92 Å². The minimum atomic E-state index is -3.12. The van der Waals surface area contributed by atoms with Gasteiger partial charge in [-0.3, -0.25) is 0 Å². The van der Waals surface area contributed by atoms with Crippen LogP contribution in [0.15, 0.2) is 18.2 Å². The highest BCUT2D eigenvalue weighted by Crippen LogP contribution is 2.37. The average molecular weight is 438 g/mol. The molecule has 1 heterocycles. The van der Waals surface area contributed by atoms with Crippen LogP contribution in [0.3, 0.4) is 0 Å². The molecule has 0 unspecified atom stereocenters. The minimum absolute atomic E-state index is 0.0681. The summed E-state index contributed by atoms with van der Waals surface area (Å²) in [6.45, 7) is 2.51. The van der Waals surface area contributed by atoms with Gasteiger partial charge < -0.3 is 5.32 Å². The van der Waals surface area contributed by atoms with Crippen LogP contribution in [0.5, 0.6) is 0 Å². The van der Waals surface area contributed by atoms with Gasteiger partial charge in [0.25, 0.3) is 0 Å². The van der Waals surface area contributed by atoms with E-state index in [0.29, 0.717) is 5.92 Å². The summed E-state index contributed by atoms with van der Waals surface area (Å²) in [7, 11) is -3.12. The van der Waals surface area contributed by atoms with E-state index >= 15 is 0 Å². The number of nitrogens with zero attached hydrogens (tertiary/aromatic N) is 1. The molecule has 1 fully saturated rings. The Labute approximate surface area is 176 Å². The summed E-state index contributed by atoms with van der Waals surface area (Å²) in [6.07, 6.45) is 6.77. The van der Waals surface area contributed by atoms with E-state index in [-0.39, 0.29) is 17.6 Å². The fourth-order valence-corrected chi connectivity index (χ4v) is 6.22. The molecule has 0 atom stereocenters. The van der Waals surface area contributed by atoms with Gasteiger partial charge in [0.2, 0.25) is 10.0 Å². The van der Waals surface area contributed by atoms with Crippen molar-refractivity contribution in [2.75, 3.05) is 17.6 Å². The van der Waals surface area contributed by atoms with Crippen molar-refractivity contribution < 1.29 is 12.8 Å². The number of rotatable bonds is 6. The van der Waals surface area contributed by atoms with Crippen LogP contribution in [-0.2, 0) is 22.9 Å². The van der Waals surface area contributed by atoms with Gasteiger partial charge in [-0.05, 0) is 75.5 Å². The first kappa shape index (κ1) is 20.8. The lowest BCUT2D eigenvalue weighted by atomic mass is 9.86. The molecular weight excluding hydrogens is 409 g/mol. The van der Waals surface area contributed by atoms with Gasteiger partial charge in [-0.2, -0.15) is 0 Å². The molecule has 0 bridgehead atoms. The number of sulfonamides is 1. The van der Waals surface area contributed by atoms with Crippen LogP contribution in [0.2, 0.25) is 0 Å². The molecule has 8 heteroatoms. The summed E-state index contributed by atoms with van der Waals surface area (Å²) in [5, 5.41) is 4.39. The van der Waals surface area contributed by atoms with E-state index in [0.717, 1.165) is 67.9 Å². The second kappa shape index (κ2) is 8.70. The number of hydrogen-bond donors (Lipinski definition) is 2. The van der Waals surface area contributed by atoms with Crippen LogP contribution < -0.4 is 10.0 Å². The topological polar surface area (TPSA) is 71.1 Å². The molecule has 0 amide bonds. The third kappa shape index (κ3) is 4.98. The molecule has 1 aromatic heterocycles. The first-order chi connectivity index (χ1) is 13.9. The van der Waals surface area contributed by atoms with Gasteiger partial charge in [0.15, 0.2) is 5.13 Å². The number of fused-ring (bicyclic) bond motifs is 3. The van der Waals surface area contributed by atoms with Crippen molar-refractivity contribution in [1.29, 1.82) is 0 Å². The zero-order chi connectivity index (χ0) is 20.4. The molecule has 2 aliphatic rings. The van der Waals surface area contributed by atoms with E-state index in [9.17, 15) is 12.8 Å². The number of anilines is 1. The maximum absolute atomic E-state index is 13.8. The summed E-state index contributed by atoms with van der Waals surface area (Å²) >= 11 is 1.68. The molecule has 5 nitrogen and oxygen atoms in total. The van der Waals surface area contributed by atoms with Crippen molar-refractivity contribution in [3.63, 3.8) is 0 Å². The fourth-order valence-electron chi connectivity index (χ4n) is 4.29. The Morgan fingerprint density at radius 1 is 1.21 bits per heavy atom. The van der Waals surface area contributed by atoms with Gasteiger partial charge in [-0.1, -0.05) is 6.07 Å². The standard InChI is InChI=1S/C21H28FN3O2S2/c1-2-29(26,27)25-17-10-6-14(7-11-17)13-23-21-24-20-18-12-16(22)9-8-15(18)4-3-5-19(20)28-21/h8-9,12,14,17,25H,2-7,10-11,13H2,1H3,(H,23,24)/t14-,17-. The van der Waals surface area contributed by atoms with Crippen molar-refractivity contribution >= 4 is 26.5 Å². The van der Waals surface area contributed by atoms with Crippen molar-refractivity contribution in [3.8, 4) is 11.3 Å². The van der Waals surface area contributed by atoms with Crippen LogP contribution >= 0.6 is 11.3 Å². The monoisotopic (exact) mass is 437 g/mol. The maximum Gasteiger partial charge on any atom is 0.211 e. The smallest absolute Gasteiger partial charge is 0.211 e. The highest BCUT2D eigenvalue weighted by atomic mass is 32.2. The summed E-state index contributed by atoms with van der Waals surface area (Å²) in [5.41, 5.74) is 3.04. The van der Waals surface area contributed by atoms with E-state index in [1.807, 2.05) is 6.07 Å². The molecular formula is C21H28FN3O2S2. The zero-order valence-electron chi connectivity index (χ0n) is 16.7. The number of benzene rings is 1. The Kier molecular flexibility index (Phi) is 6.22. The summed E-state index contributed by atoms with van der Waals surface area (Å²) in [4.78, 5) is 6.03. The van der Waals surface area contributed by atoms with Gasteiger partial charge in [0.05, 0.1) is 11.4 Å². The third-order valence-electron chi connectivity index (χ3n) is 5.99. The Morgan fingerprint density at radius 3 is 2.76 bits per heavy atom. The number of aryl methyl sites for hydroxylation is 2. The highest BCUT2D eigenvalue weighted by Gasteiger charge is 2.25. The molecule has 2 N–H and O–H groups in total. The van der Waals surface area contributed by atoms with Gasteiger partial charge in [0.1, 0.15) is 5.82 Å². The second-order valence-corrected chi connectivity index (χ2v) is 11.2. The van der Waals surface area contributed by atoms with E-state index in [2.05, 4.69) is 10.0 Å². The lowest BCUT2D eigenvalue weighted by Gasteiger charge is -2.28. The SMILES string of the molecule is CCS(=O)(=O)N[C@H]1CC[C@H](CNc2nc3c(s2)CCCc2ccc(F)cc2-3)CC1. The molecule has 1 saturated carbocycles. The zero-order valence-corrected chi connectivity index (χ0v) is 18.3. The van der Waals surface area contributed by atoms with Crippen LogP contribution in [0.25, 0.3) is 11.3 Å². The molecule has 1 aromatic carbocycles. The molecule has 2 aliphatic carbocycles. The Morgan fingerprint density at radius 2 is 2.00 bits per heavy atom. The van der Waals surface area contributed by atoms with Crippen LogP contribution in [0.4, 0.5) is 9.52 Å². The quantitative estimate of drug-likeness (QED) is 0.705. The van der Waals surface area contributed by atoms with E-state index in [1.54, 1.807) is 24.3 Å². The second-order valence-electron chi connectivity index (χ2n) is 8.07. The first-order valence-electron chi connectivity index (χ1n) is 10.5. The Hall–Kier alpha value is -1.51. The number of thiazole rings is 1. The molecule has 158 valence electrons. The van der Waals surface area contributed by atoms with Crippen LogP contribution in [0.1, 0.15) is 49.5 Å². The first-order valence-corrected chi connectivity index (χ1v) is 12.9. The van der Waals surface area contributed by atoms with Crippen molar-refractivity contribution in [1.82, 2.24) is 9.71 Å². The van der Waals surface area contributed by atoms with Crippen molar-refractivity contribution in [3.05, 3.63) is 34.5 Å². The summed E-state index contributed by atoms with van der Waals surface area (Å²) < 4.78 is 40.1. The van der Waals surface area contributed by atoms with E-state index < -0.39 is 10.0 Å². The number of aromatic nitrogens is 1. The lowest BCUT2D eigenvalue weighted by Crippen LogP contribution is -2.39. The Bertz CT molecular complexity index is 966. The predicted molar refractivity (Wildman–Crippen MR) is 116 cm³/mol. The summed E-state index contributed by atoms with van der Waals surface area (Å²) in [5.74, 6) is 0.441. The molecule has 29 heavy (non-hydrogen) atoms. The largest absolute Gasteiger partial charge is 0.361 e. The fraction of sp³-hybridized carbons (Fsp3) is 0.571. The average Bonchev–Trinajstić information content (AvgIpc) is 3.04. The molecule has 0 aliphatic heterocycles. The van der Waals surface area contributed by atoms with E-state index in [1.165, 1.54) is 16.5 Å². The maximum atomic E-state index is 13.8. The molecule has 4 rings (SSSR count).